The van der Waals surface area contributed by atoms with Gasteiger partial charge in [-0.2, -0.15) is 0 Å². The Labute approximate surface area is 138 Å². The predicted octanol–water partition coefficient (Wildman–Crippen LogP) is 3.50. The molecule has 0 bridgehead atoms. The number of aryl methyl sites for hydroxylation is 1. The Balaban J connectivity index is 1.94. The second kappa shape index (κ2) is 6.67. The van der Waals surface area contributed by atoms with E-state index in [0.29, 0.717) is 12.0 Å². The summed E-state index contributed by atoms with van der Waals surface area (Å²) in [4.78, 5) is 11.9. The highest BCUT2D eigenvalue weighted by Gasteiger charge is 2.21. The van der Waals surface area contributed by atoms with Crippen LogP contribution in [0.3, 0.4) is 0 Å². The smallest absolute Gasteiger partial charge is 0.159 e. The Bertz CT molecular complexity index is 656. The predicted molar refractivity (Wildman–Crippen MR) is 95.7 cm³/mol. The number of nitrogens with zero attached hydrogens (tertiary/aromatic N) is 3. The summed E-state index contributed by atoms with van der Waals surface area (Å²) >= 11 is 0. The molecule has 0 unspecified atom stereocenters. The lowest BCUT2D eigenvalue weighted by Gasteiger charge is -2.33. The first-order chi connectivity index (χ1) is 11.0. The van der Waals surface area contributed by atoms with Crippen molar-refractivity contribution < 1.29 is 0 Å². The number of hydrogen-bond donors (Lipinski definition) is 1. The monoisotopic (exact) mass is 310 g/mol. The maximum atomic E-state index is 6.03. The SMILES string of the molecule is Cc1ccc(-c2ncc(N3CCC(N)CC3)c(C(C)C)n2)cc1. The molecular formula is C19H26N4. The van der Waals surface area contributed by atoms with Crippen molar-refractivity contribution in [2.24, 2.45) is 5.73 Å². The lowest BCUT2D eigenvalue weighted by atomic mass is 10.0. The van der Waals surface area contributed by atoms with E-state index in [2.05, 4.69) is 54.9 Å². The van der Waals surface area contributed by atoms with Gasteiger partial charge in [-0.05, 0) is 25.7 Å². The van der Waals surface area contributed by atoms with E-state index < -0.39 is 0 Å². The third-order valence-electron chi connectivity index (χ3n) is 4.53. The number of benzene rings is 1. The zero-order valence-corrected chi connectivity index (χ0v) is 14.3. The summed E-state index contributed by atoms with van der Waals surface area (Å²) in [5, 5.41) is 0. The molecule has 1 aromatic heterocycles. The molecule has 4 nitrogen and oxygen atoms in total. The van der Waals surface area contributed by atoms with Crippen LogP contribution in [0.1, 0.15) is 43.9 Å². The molecule has 0 atom stereocenters. The molecule has 0 saturated carbocycles. The third-order valence-corrected chi connectivity index (χ3v) is 4.53. The fourth-order valence-corrected chi connectivity index (χ4v) is 3.04. The number of anilines is 1. The average molecular weight is 310 g/mol. The van der Waals surface area contributed by atoms with E-state index in [1.54, 1.807) is 0 Å². The fraction of sp³-hybridized carbons (Fsp3) is 0.474. The van der Waals surface area contributed by atoms with Crippen LogP contribution in [0, 0.1) is 6.92 Å². The molecule has 3 rings (SSSR count). The zero-order chi connectivity index (χ0) is 16.4. The Hall–Kier alpha value is -1.94. The molecule has 2 aromatic rings. The Morgan fingerprint density at radius 2 is 1.78 bits per heavy atom. The van der Waals surface area contributed by atoms with E-state index >= 15 is 0 Å². The summed E-state index contributed by atoms with van der Waals surface area (Å²) in [5.41, 5.74) is 10.7. The lowest BCUT2D eigenvalue weighted by molar-refractivity contribution is 0.499. The van der Waals surface area contributed by atoms with E-state index in [-0.39, 0.29) is 0 Å². The molecule has 2 heterocycles. The van der Waals surface area contributed by atoms with E-state index in [0.717, 1.165) is 43.0 Å². The number of nitrogens with two attached hydrogens (primary N) is 1. The molecule has 0 radical (unpaired) electrons. The van der Waals surface area contributed by atoms with E-state index in [1.165, 1.54) is 11.3 Å². The first-order valence-electron chi connectivity index (χ1n) is 8.49. The number of piperidine rings is 1. The average Bonchev–Trinajstić information content (AvgIpc) is 2.56. The molecular weight excluding hydrogens is 284 g/mol. The first kappa shape index (κ1) is 15.9. The minimum Gasteiger partial charge on any atom is -0.369 e. The van der Waals surface area contributed by atoms with Gasteiger partial charge in [-0.1, -0.05) is 43.7 Å². The topological polar surface area (TPSA) is 55.0 Å². The summed E-state index contributed by atoms with van der Waals surface area (Å²) in [6, 6.07) is 8.73. The van der Waals surface area contributed by atoms with Gasteiger partial charge < -0.3 is 10.6 Å². The highest BCUT2D eigenvalue weighted by molar-refractivity contribution is 5.60. The zero-order valence-electron chi connectivity index (χ0n) is 14.3. The molecule has 1 fully saturated rings. The van der Waals surface area contributed by atoms with Crippen LogP contribution >= 0.6 is 0 Å². The maximum Gasteiger partial charge on any atom is 0.159 e. The van der Waals surface area contributed by atoms with Gasteiger partial charge in [-0.25, -0.2) is 9.97 Å². The molecule has 0 spiro atoms. The minimum atomic E-state index is 0.335. The van der Waals surface area contributed by atoms with Gasteiger partial charge in [0.2, 0.25) is 0 Å². The second-order valence-electron chi connectivity index (χ2n) is 6.81. The van der Waals surface area contributed by atoms with Crippen molar-refractivity contribution in [3.05, 3.63) is 41.7 Å². The van der Waals surface area contributed by atoms with Crippen molar-refractivity contribution in [3.63, 3.8) is 0 Å². The first-order valence-corrected chi connectivity index (χ1v) is 8.49. The van der Waals surface area contributed by atoms with Crippen LogP contribution in [-0.2, 0) is 0 Å². The molecule has 122 valence electrons. The van der Waals surface area contributed by atoms with Gasteiger partial charge in [0.15, 0.2) is 5.82 Å². The van der Waals surface area contributed by atoms with Gasteiger partial charge in [-0.3, -0.25) is 0 Å². The molecule has 0 amide bonds. The van der Waals surface area contributed by atoms with Crippen LogP contribution in [-0.4, -0.2) is 29.1 Å². The molecule has 23 heavy (non-hydrogen) atoms. The largest absolute Gasteiger partial charge is 0.369 e. The van der Waals surface area contributed by atoms with Crippen molar-refractivity contribution in [1.29, 1.82) is 0 Å². The molecule has 1 aromatic carbocycles. The highest BCUT2D eigenvalue weighted by atomic mass is 15.2. The summed E-state index contributed by atoms with van der Waals surface area (Å²) < 4.78 is 0. The van der Waals surface area contributed by atoms with Crippen molar-refractivity contribution in [3.8, 4) is 11.4 Å². The van der Waals surface area contributed by atoms with Crippen molar-refractivity contribution in [2.75, 3.05) is 18.0 Å². The second-order valence-corrected chi connectivity index (χ2v) is 6.81. The molecule has 4 heteroatoms. The molecule has 2 N–H and O–H groups in total. The maximum absolute atomic E-state index is 6.03. The van der Waals surface area contributed by atoms with Gasteiger partial charge in [-0.15, -0.1) is 0 Å². The standard InChI is InChI=1S/C19H26N4/c1-13(2)18-17(23-10-8-16(20)9-11-23)12-21-19(22-18)15-6-4-14(3)5-7-15/h4-7,12-13,16H,8-11,20H2,1-3H3. The van der Waals surface area contributed by atoms with Gasteiger partial charge in [0.25, 0.3) is 0 Å². The normalized spacial score (nSPS) is 16.1. The molecule has 1 aliphatic heterocycles. The molecule has 1 aliphatic rings. The van der Waals surface area contributed by atoms with Crippen LogP contribution in [0.25, 0.3) is 11.4 Å². The van der Waals surface area contributed by atoms with Crippen molar-refractivity contribution in [1.82, 2.24) is 9.97 Å². The van der Waals surface area contributed by atoms with Crippen LogP contribution in [0.5, 0.6) is 0 Å². The van der Waals surface area contributed by atoms with E-state index in [1.807, 2.05) is 6.20 Å². The van der Waals surface area contributed by atoms with Gasteiger partial charge in [0, 0.05) is 24.7 Å². The lowest BCUT2D eigenvalue weighted by Crippen LogP contribution is -2.40. The molecule has 1 saturated heterocycles. The Kier molecular flexibility index (Phi) is 4.62. The summed E-state index contributed by atoms with van der Waals surface area (Å²) in [6.45, 7) is 8.47. The van der Waals surface area contributed by atoms with Crippen molar-refractivity contribution >= 4 is 5.69 Å². The number of hydrogen-bond acceptors (Lipinski definition) is 4. The van der Waals surface area contributed by atoms with Gasteiger partial charge >= 0.3 is 0 Å². The van der Waals surface area contributed by atoms with Crippen LogP contribution < -0.4 is 10.6 Å². The molecule has 0 aliphatic carbocycles. The fourth-order valence-electron chi connectivity index (χ4n) is 3.04. The van der Waals surface area contributed by atoms with Crippen LogP contribution in [0.15, 0.2) is 30.5 Å². The van der Waals surface area contributed by atoms with Gasteiger partial charge in [0.05, 0.1) is 17.6 Å². The third kappa shape index (κ3) is 3.53. The van der Waals surface area contributed by atoms with Crippen LogP contribution in [0.2, 0.25) is 0 Å². The van der Waals surface area contributed by atoms with E-state index in [4.69, 9.17) is 10.7 Å². The summed E-state index contributed by atoms with van der Waals surface area (Å²) in [7, 11) is 0. The highest BCUT2D eigenvalue weighted by Crippen LogP contribution is 2.29. The van der Waals surface area contributed by atoms with Crippen molar-refractivity contribution in [2.45, 2.75) is 45.6 Å². The number of aromatic nitrogens is 2. The quantitative estimate of drug-likeness (QED) is 0.942. The summed E-state index contributed by atoms with van der Waals surface area (Å²) in [5.74, 6) is 1.18. The Morgan fingerprint density at radius 3 is 2.39 bits per heavy atom. The Morgan fingerprint density at radius 1 is 1.13 bits per heavy atom. The van der Waals surface area contributed by atoms with Crippen LogP contribution in [0.4, 0.5) is 5.69 Å². The minimum absolute atomic E-state index is 0.335. The number of rotatable bonds is 3. The van der Waals surface area contributed by atoms with Gasteiger partial charge in [0.1, 0.15) is 0 Å². The summed E-state index contributed by atoms with van der Waals surface area (Å²) in [6.07, 6.45) is 4.07. The van der Waals surface area contributed by atoms with E-state index in [9.17, 15) is 0 Å².